The van der Waals surface area contributed by atoms with E-state index in [0.717, 1.165) is 4.77 Å². The van der Waals surface area contributed by atoms with E-state index >= 15 is 0 Å². The Hall–Kier alpha value is -0.570. The fourth-order valence-electron chi connectivity index (χ4n) is 2.82. The van der Waals surface area contributed by atoms with Gasteiger partial charge in [-0.2, -0.15) is 0 Å². The largest absolute Gasteiger partial charge is 0.337 e. The highest BCUT2D eigenvalue weighted by molar-refractivity contribution is 7.71. The summed E-state index contributed by atoms with van der Waals surface area (Å²) < 4.78 is 3.25. The number of H-pyrrole nitrogens is 1. The van der Waals surface area contributed by atoms with Crippen LogP contribution in [0.4, 0.5) is 0 Å². The normalized spacial score (nSPS) is 20.2. The number of aromatic amines is 1. The second-order valence-electron chi connectivity index (χ2n) is 6.27. The molecule has 1 aliphatic rings. The van der Waals surface area contributed by atoms with Crippen molar-refractivity contribution in [2.24, 2.45) is 0 Å². The first-order valence-electron chi connectivity index (χ1n) is 6.16. The lowest BCUT2D eigenvalue weighted by Crippen LogP contribution is -2.32. The number of rotatable bonds is 1. The highest BCUT2D eigenvalue weighted by Gasteiger charge is 2.34. The molecule has 1 aromatic rings. The molecule has 16 heavy (non-hydrogen) atoms. The molecule has 2 nitrogen and oxygen atoms in total. The van der Waals surface area contributed by atoms with Gasteiger partial charge < -0.3 is 9.55 Å². The maximum Gasteiger partial charge on any atom is 0.177 e. The van der Waals surface area contributed by atoms with E-state index in [2.05, 4.69) is 43.4 Å². The van der Waals surface area contributed by atoms with Crippen molar-refractivity contribution < 1.29 is 0 Å². The van der Waals surface area contributed by atoms with Gasteiger partial charge in [-0.15, -0.1) is 0 Å². The molecule has 1 N–H and O–H groups in total. The van der Waals surface area contributed by atoms with E-state index in [1.807, 2.05) is 0 Å². The number of aromatic nitrogens is 2. The van der Waals surface area contributed by atoms with Gasteiger partial charge in [-0.3, -0.25) is 0 Å². The van der Waals surface area contributed by atoms with Crippen LogP contribution in [0.3, 0.4) is 0 Å². The molecule has 0 bridgehead atoms. The lowest BCUT2D eigenvalue weighted by Gasteiger charge is -2.32. The monoisotopic (exact) mass is 238 g/mol. The van der Waals surface area contributed by atoms with Crippen LogP contribution in [0.2, 0.25) is 0 Å². The Labute approximate surface area is 103 Å². The molecule has 1 heterocycles. The average molecular weight is 238 g/mol. The van der Waals surface area contributed by atoms with E-state index in [-0.39, 0.29) is 11.0 Å². The van der Waals surface area contributed by atoms with Crippen molar-refractivity contribution in [3.8, 4) is 0 Å². The molecule has 0 aromatic carbocycles. The van der Waals surface area contributed by atoms with Crippen molar-refractivity contribution in [1.29, 1.82) is 0 Å². The molecule has 0 aliphatic heterocycles. The van der Waals surface area contributed by atoms with Crippen molar-refractivity contribution in [3.63, 3.8) is 0 Å². The SMILES string of the molecule is CC(C)(C)c1c[nH]c(=S)n1C1(C)CCCC1. The lowest BCUT2D eigenvalue weighted by molar-refractivity contribution is 0.301. The molecule has 0 spiro atoms. The van der Waals surface area contributed by atoms with Gasteiger partial charge in [0, 0.05) is 22.8 Å². The summed E-state index contributed by atoms with van der Waals surface area (Å²) >= 11 is 5.46. The van der Waals surface area contributed by atoms with Crippen LogP contribution in [0, 0.1) is 4.77 Å². The second kappa shape index (κ2) is 3.73. The summed E-state index contributed by atoms with van der Waals surface area (Å²) in [5, 5.41) is 0. The molecule has 0 atom stereocenters. The van der Waals surface area contributed by atoms with E-state index < -0.39 is 0 Å². The van der Waals surface area contributed by atoms with E-state index in [1.165, 1.54) is 31.4 Å². The number of hydrogen-bond acceptors (Lipinski definition) is 1. The Morgan fingerprint density at radius 2 is 1.88 bits per heavy atom. The molecule has 1 aromatic heterocycles. The Morgan fingerprint density at radius 3 is 2.38 bits per heavy atom. The van der Waals surface area contributed by atoms with Gasteiger partial charge in [-0.25, -0.2) is 0 Å². The van der Waals surface area contributed by atoms with Gasteiger partial charge >= 0.3 is 0 Å². The zero-order valence-corrected chi connectivity index (χ0v) is 11.6. The van der Waals surface area contributed by atoms with Gasteiger partial charge in [-0.1, -0.05) is 33.6 Å². The van der Waals surface area contributed by atoms with Gasteiger partial charge in [-0.05, 0) is 32.0 Å². The Balaban J connectivity index is 2.55. The van der Waals surface area contributed by atoms with E-state index in [4.69, 9.17) is 12.2 Å². The Kier molecular flexibility index (Phi) is 2.77. The summed E-state index contributed by atoms with van der Waals surface area (Å²) in [5.41, 5.74) is 1.72. The molecule has 0 saturated heterocycles. The second-order valence-corrected chi connectivity index (χ2v) is 6.66. The maximum absolute atomic E-state index is 5.46. The zero-order valence-electron chi connectivity index (χ0n) is 10.8. The van der Waals surface area contributed by atoms with Gasteiger partial charge in [0.2, 0.25) is 0 Å². The summed E-state index contributed by atoms with van der Waals surface area (Å²) in [5.74, 6) is 0. The van der Waals surface area contributed by atoms with Crippen LogP contribution < -0.4 is 0 Å². The molecule has 1 saturated carbocycles. The summed E-state index contributed by atoms with van der Waals surface area (Å²) in [6.07, 6.45) is 7.25. The standard InChI is InChI=1S/C13H22N2S/c1-12(2,3)10-9-14-11(16)15(10)13(4)7-5-6-8-13/h9H,5-8H2,1-4H3,(H,14,16). The van der Waals surface area contributed by atoms with Crippen molar-refractivity contribution in [2.75, 3.05) is 0 Å². The van der Waals surface area contributed by atoms with Gasteiger partial charge in [0.15, 0.2) is 4.77 Å². The van der Waals surface area contributed by atoms with Crippen LogP contribution in [0.15, 0.2) is 6.20 Å². The molecule has 1 aliphatic carbocycles. The van der Waals surface area contributed by atoms with Crippen LogP contribution in [0.5, 0.6) is 0 Å². The molecular weight excluding hydrogens is 216 g/mol. The smallest absolute Gasteiger partial charge is 0.177 e. The first-order chi connectivity index (χ1) is 7.34. The first kappa shape index (κ1) is 11.9. The maximum atomic E-state index is 5.46. The molecule has 90 valence electrons. The van der Waals surface area contributed by atoms with Crippen molar-refractivity contribution >= 4 is 12.2 Å². The topological polar surface area (TPSA) is 20.7 Å². The van der Waals surface area contributed by atoms with Gasteiger partial charge in [0.25, 0.3) is 0 Å². The Morgan fingerprint density at radius 1 is 1.31 bits per heavy atom. The molecule has 3 heteroatoms. The number of imidazole rings is 1. The van der Waals surface area contributed by atoms with Crippen LogP contribution in [0.25, 0.3) is 0 Å². The van der Waals surface area contributed by atoms with Crippen LogP contribution in [-0.4, -0.2) is 9.55 Å². The van der Waals surface area contributed by atoms with Crippen molar-refractivity contribution in [1.82, 2.24) is 9.55 Å². The quantitative estimate of drug-likeness (QED) is 0.729. The minimum atomic E-state index is 0.152. The lowest BCUT2D eigenvalue weighted by atomic mass is 9.90. The van der Waals surface area contributed by atoms with Crippen LogP contribution >= 0.6 is 12.2 Å². The molecule has 1 fully saturated rings. The van der Waals surface area contributed by atoms with E-state index in [9.17, 15) is 0 Å². The number of nitrogens with one attached hydrogen (secondary N) is 1. The third-order valence-electron chi connectivity index (χ3n) is 3.77. The number of hydrogen-bond donors (Lipinski definition) is 1. The third-order valence-corrected chi connectivity index (χ3v) is 4.07. The van der Waals surface area contributed by atoms with Gasteiger partial charge in [0.1, 0.15) is 0 Å². The molecule has 2 rings (SSSR count). The van der Waals surface area contributed by atoms with Gasteiger partial charge in [0.05, 0.1) is 0 Å². The predicted octanol–water partition coefficient (Wildman–Crippen LogP) is 4.13. The van der Waals surface area contributed by atoms with Crippen molar-refractivity contribution in [2.45, 2.75) is 64.3 Å². The number of nitrogens with zero attached hydrogens (tertiary/aromatic N) is 1. The first-order valence-corrected chi connectivity index (χ1v) is 6.57. The summed E-state index contributed by atoms with van der Waals surface area (Å²) in [6, 6.07) is 0. The highest BCUT2D eigenvalue weighted by atomic mass is 32.1. The fraction of sp³-hybridized carbons (Fsp3) is 0.769. The summed E-state index contributed by atoms with van der Waals surface area (Å²) in [4.78, 5) is 3.22. The minimum Gasteiger partial charge on any atom is -0.337 e. The Bertz CT molecular complexity index is 428. The molecule has 0 radical (unpaired) electrons. The molecular formula is C13H22N2S. The minimum absolute atomic E-state index is 0.152. The predicted molar refractivity (Wildman–Crippen MR) is 70.4 cm³/mol. The third kappa shape index (κ3) is 1.86. The summed E-state index contributed by atoms with van der Waals surface area (Å²) in [6.45, 7) is 9.10. The van der Waals surface area contributed by atoms with Crippen LogP contribution in [0.1, 0.15) is 59.1 Å². The van der Waals surface area contributed by atoms with Crippen LogP contribution in [-0.2, 0) is 11.0 Å². The molecule has 0 amide bonds. The van der Waals surface area contributed by atoms with E-state index in [0.29, 0.717) is 0 Å². The highest BCUT2D eigenvalue weighted by Crippen LogP contribution is 2.39. The van der Waals surface area contributed by atoms with Crippen molar-refractivity contribution in [3.05, 3.63) is 16.7 Å². The zero-order chi connectivity index (χ0) is 12.0. The van der Waals surface area contributed by atoms with E-state index in [1.54, 1.807) is 0 Å². The molecule has 0 unspecified atom stereocenters. The average Bonchev–Trinajstić information content (AvgIpc) is 2.71. The summed E-state index contributed by atoms with van der Waals surface area (Å²) in [7, 11) is 0. The fourth-order valence-corrected chi connectivity index (χ4v) is 3.19.